The van der Waals surface area contributed by atoms with Crippen LogP contribution in [0.3, 0.4) is 0 Å². The number of halogens is 2. The lowest BCUT2D eigenvalue weighted by Crippen LogP contribution is -2.29. The zero-order chi connectivity index (χ0) is 26.6. The zero-order valence-electron chi connectivity index (χ0n) is 20.5. The van der Waals surface area contributed by atoms with Crippen LogP contribution < -0.4 is 15.6 Å². The number of carbonyl (C=O) groups is 1. The fourth-order valence-corrected chi connectivity index (χ4v) is 5.52. The number of aromatic nitrogens is 3. The van der Waals surface area contributed by atoms with Gasteiger partial charge in [0.15, 0.2) is 5.69 Å². The summed E-state index contributed by atoms with van der Waals surface area (Å²) in [6.07, 6.45) is 5.35. The summed E-state index contributed by atoms with van der Waals surface area (Å²) in [6.45, 7) is 3.94. The number of methoxy groups -OCH3 is 1. The molecule has 2 unspecified atom stereocenters. The van der Waals surface area contributed by atoms with Crippen LogP contribution in [0.2, 0.25) is 5.02 Å². The van der Waals surface area contributed by atoms with Gasteiger partial charge in [0.2, 0.25) is 0 Å². The lowest BCUT2D eigenvalue weighted by Gasteiger charge is -2.37. The number of anilines is 1. The number of allylic oxidation sites excluding steroid dienone is 4. The Bertz CT molecular complexity index is 1590. The minimum absolute atomic E-state index is 0.0471. The summed E-state index contributed by atoms with van der Waals surface area (Å²) in [5.41, 5.74) is 3.86. The lowest BCUT2D eigenvalue weighted by molar-refractivity contribution is 0.0689. The second-order valence-corrected chi connectivity index (χ2v) is 9.82. The Kier molecular flexibility index (Phi) is 6.25. The molecule has 2 N–H and O–H groups in total. The van der Waals surface area contributed by atoms with E-state index in [1.165, 1.54) is 10.6 Å². The number of rotatable bonds is 5. The molecule has 2 aliphatic rings. The van der Waals surface area contributed by atoms with E-state index in [9.17, 15) is 14.7 Å². The van der Waals surface area contributed by atoms with Gasteiger partial charge in [0, 0.05) is 29.9 Å². The molecule has 0 saturated heterocycles. The summed E-state index contributed by atoms with van der Waals surface area (Å²) < 4.78 is 8.82. The maximum absolute atomic E-state index is 12.5. The normalized spacial score (nSPS) is 18.5. The molecule has 3 heterocycles. The van der Waals surface area contributed by atoms with Crippen molar-refractivity contribution in [1.82, 2.24) is 14.1 Å². The third-order valence-electron chi connectivity index (χ3n) is 6.80. The van der Waals surface area contributed by atoms with E-state index in [-0.39, 0.29) is 22.2 Å². The molecule has 37 heavy (non-hydrogen) atoms. The minimum Gasteiger partial charge on any atom is -0.496 e. The molecule has 1 aliphatic heterocycles. The number of carboxylic acid groups (broad SMARTS) is 1. The predicted molar refractivity (Wildman–Crippen MR) is 144 cm³/mol. The Morgan fingerprint density at radius 1 is 1.22 bits per heavy atom. The third kappa shape index (κ3) is 3.97. The topological polar surface area (TPSA) is 98.4 Å². The van der Waals surface area contributed by atoms with E-state index >= 15 is 0 Å². The van der Waals surface area contributed by atoms with Gasteiger partial charge in [0.25, 0.3) is 5.56 Å². The van der Waals surface area contributed by atoms with Gasteiger partial charge in [0.05, 0.1) is 30.1 Å². The molecule has 8 nitrogen and oxygen atoms in total. The summed E-state index contributed by atoms with van der Waals surface area (Å²) in [4.78, 5) is 29.3. The number of hydrogen-bond donors (Lipinski definition) is 2. The Labute approximate surface area is 223 Å². The van der Waals surface area contributed by atoms with Gasteiger partial charge in [0.1, 0.15) is 16.6 Å². The highest BCUT2D eigenvalue weighted by Gasteiger charge is 2.40. The number of aromatic carboxylic acids is 1. The first-order valence-electron chi connectivity index (χ1n) is 11.5. The molecule has 1 aliphatic carbocycles. The van der Waals surface area contributed by atoms with Gasteiger partial charge in [-0.25, -0.2) is 9.78 Å². The Morgan fingerprint density at radius 3 is 2.62 bits per heavy atom. The van der Waals surface area contributed by atoms with E-state index < -0.39 is 12.0 Å². The first-order chi connectivity index (χ1) is 17.6. The molecular formula is C27H24Cl2N4O4. The molecule has 10 heteroatoms. The number of imidazole rings is 1. The third-order valence-corrected chi connectivity index (χ3v) is 7.53. The number of fused-ring (bicyclic) bond motifs is 2. The predicted octanol–water partition coefficient (Wildman–Crippen LogP) is 5.71. The molecule has 0 saturated carbocycles. The number of nitrogens with one attached hydrogen (secondary N) is 1. The molecule has 3 aromatic rings. The van der Waals surface area contributed by atoms with Crippen molar-refractivity contribution in [1.29, 1.82) is 0 Å². The van der Waals surface area contributed by atoms with Crippen molar-refractivity contribution in [3.8, 4) is 17.1 Å². The maximum Gasteiger partial charge on any atom is 0.356 e. The molecule has 0 fully saturated rings. The van der Waals surface area contributed by atoms with Crippen LogP contribution in [-0.2, 0) is 7.05 Å². The van der Waals surface area contributed by atoms with Gasteiger partial charge in [-0.15, -0.1) is 0 Å². The van der Waals surface area contributed by atoms with E-state index in [2.05, 4.69) is 10.3 Å². The molecule has 0 bridgehead atoms. The fraction of sp³-hybridized carbons (Fsp3) is 0.222. The van der Waals surface area contributed by atoms with Crippen molar-refractivity contribution in [2.24, 2.45) is 13.0 Å². The molecule has 0 amide bonds. The standard InChI is InChI=1S/C27H24Cl2N4O4/c1-13-18(28)10-9-17-21(13)14(2)33-24(22(17)30-15-11-19(29)26(34)32(3)12-15)23(27(35)36)31-25(33)16-7-5-6-8-20(16)37-4/h5-13,22,30H,1-4H3,(H,35,36). The van der Waals surface area contributed by atoms with Gasteiger partial charge in [-0.05, 0) is 42.3 Å². The van der Waals surface area contributed by atoms with E-state index in [1.807, 2.05) is 48.8 Å². The van der Waals surface area contributed by atoms with Gasteiger partial charge in [-0.1, -0.05) is 48.3 Å². The average Bonchev–Trinajstić information content (AvgIpc) is 3.28. The van der Waals surface area contributed by atoms with Crippen molar-refractivity contribution in [3.63, 3.8) is 0 Å². The van der Waals surface area contributed by atoms with Gasteiger partial charge in [-0.3, -0.25) is 9.36 Å². The van der Waals surface area contributed by atoms with Crippen molar-refractivity contribution >= 4 is 40.6 Å². The number of ether oxygens (including phenoxy) is 1. The van der Waals surface area contributed by atoms with Gasteiger partial charge in [-0.2, -0.15) is 0 Å². The zero-order valence-corrected chi connectivity index (χ0v) is 22.1. The summed E-state index contributed by atoms with van der Waals surface area (Å²) in [7, 11) is 3.16. The van der Waals surface area contributed by atoms with Crippen molar-refractivity contribution < 1.29 is 14.6 Å². The highest BCUT2D eigenvalue weighted by Crippen LogP contribution is 2.49. The highest BCUT2D eigenvalue weighted by molar-refractivity contribution is 6.31. The van der Waals surface area contributed by atoms with Gasteiger partial charge < -0.3 is 19.7 Å². The monoisotopic (exact) mass is 538 g/mol. The summed E-state index contributed by atoms with van der Waals surface area (Å²) in [5, 5.41) is 14.4. The minimum atomic E-state index is -1.16. The van der Waals surface area contributed by atoms with Crippen molar-refractivity contribution in [2.45, 2.75) is 19.9 Å². The lowest BCUT2D eigenvalue weighted by atomic mass is 9.80. The molecule has 0 spiro atoms. The number of aryl methyl sites for hydroxylation is 1. The van der Waals surface area contributed by atoms with E-state index in [1.54, 1.807) is 26.4 Å². The number of hydrogen-bond acceptors (Lipinski definition) is 5. The van der Waals surface area contributed by atoms with Crippen LogP contribution in [0, 0.1) is 5.92 Å². The van der Waals surface area contributed by atoms with Crippen molar-refractivity contribution in [3.05, 3.63) is 91.6 Å². The number of para-hydroxylation sites is 1. The molecule has 5 rings (SSSR count). The summed E-state index contributed by atoms with van der Waals surface area (Å²) in [5.74, 6) is -0.291. The second kappa shape index (κ2) is 9.28. The summed E-state index contributed by atoms with van der Waals surface area (Å²) in [6, 6.07) is 8.25. The van der Waals surface area contributed by atoms with Crippen LogP contribution in [0.1, 0.15) is 36.1 Å². The van der Waals surface area contributed by atoms with Crippen LogP contribution >= 0.6 is 23.2 Å². The van der Waals surface area contributed by atoms with E-state index in [0.717, 1.165) is 16.8 Å². The maximum atomic E-state index is 12.5. The van der Waals surface area contributed by atoms with Crippen LogP contribution in [0.15, 0.2) is 69.7 Å². The van der Waals surface area contributed by atoms with Crippen LogP contribution in [-0.4, -0.2) is 32.3 Å². The highest BCUT2D eigenvalue weighted by atomic mass is 35.5. The smallest absolute Gasteiger partial charge is 0.356 e. The van der Waals surface area contributed by atoms with Gasteiger partial charge >= 0.3 is 5.97 Å². The van der Waals surface area contributed by atoms with E-state index in [4.69, 9.17) is 27.9 Å². The largest absolute Gasteiger partial charge is 0.496 e. The molecule has 0 radical (unpaired) electrons. The molecule has 2 aromatic heterocycles. The Morgan fingerprint density at radius 2 is 1.95 bits per heavy atom. The average molecular weight is 539 g/mol. The molecule has 1 aromatic carbocycles. The first kappa shape index (κ1) is 24.9. The number of carboxylic acids is 1. The van der Waals surface area contributed by atoms with Crippen molar-refractivity contribution in [2.75, 3.05) is 12.4 Å². The Balaban J connectivity index is 1.83. The molecular weight excluding hydrogens is 515 g/mol. The Hall–Kier alpha value is -3.75. The van der Waals surface area contributed by atoms with E-state index in [0.29, 0.717) is 33.6 Å². The SMILES string of the molecule is COc1ccccc1-c1nc(C(=O)O)c2n1C(C)=C1C(=CC=C(Cl)C1C)C2Nc1cc(Cl)c(=O)n(C)c1. The molecule has 2 atom stereocenters. The fourth-order valence-electron chi connectivity index (χ4n) is 5.10. The molecule has 190 valence electrons. The number of nitrogens with zero attached hydrogens (tertiary/aromatic N) is 3. The second-order valence-electron chi connectivity index (χ2n) is 8.97. The van der Waals surface area contributed by atoms with Crippen LogP contribution in [0.5, 0.6) is 5.75 Å². The number of pyridine rings is 1. The summed E-state index contributed by atoms with van der Waals surface area (Å²) >= 11 is 12.8. The first-order valence-corrected chi connectivity index (χ1v) is 12.3. The van der Waals surface area contributed by atoms with Crippen LogP contribution in [0.4, 0.5) is 5.69 Å². The van der Waals surface area contributed by atoms with Crippen LogP contribution in [0.25, 0.3) is 17.1 Å². The quantitative estimate of drug-likeness (QED) is 0.432. The number of benzene rings is 1.